The van der Waals surface area contributed by atoms with E-state index in [1.807, 2.05) is 50.5 Å². The Bertz CT molecular complexity index is 1280. The van der Waals surface area contributed by atoms with Crippen molar-refractivity contribution in [3.63, 3.8) is 0 Å². The molecule has 1 amide bonds. The number of carbonyl (C=O) groups excluding carboxylic acids is 1. The molecule has 0 aliphatic carbocycles. The summed E-state index contributed by atoms with van der Waals surface area (Å²) in [5.41, 5.74) is 5.41. The Morgan fingerprint density at radius 2 is 1.69 bits per heavy atom. The van der Waals surface area contributed by atoms with Crippen LogP contribution in [0.3, 0.4) is 0 Å². The number of amides is 1. The topological polar surface area (TPSA) is 84.9 Å². The standard InChI is InChI=1S/C27H27FN4O3/c1-31(2)15-17-4-9-20(10-5-17)29-26(18-6-11-21(12-7-18)32(3)16-24(33)34)25-22-13-8-19(28)14-23(22)30-27(25)35/h4-14,29H,15-16H2,1-3H3,(H,30,35)(H,33,34). The van der Waals surface area contributed by atoms with E-state index in [2.05, 4.69) is 15.5 Å². The molecule has 1 aliphatic rings. The monoisotopic (exact) mass is 474 g/mol. The second-order valence-electron chi connectivity index (χ2n) is 8.75. The van der Waals surface area contributed by atoms with Gasteiger partial charge in [0, 0.05) is 30.5 Å². The molecule has 35 heavy (non-hydrogen) atoms. The van der Waals surface area contributed by atoms with Crippen LogP contribution < -0.4 is 15.5 Å². The molecule has 7 nitrogen and oxygen atoms in total. The van der Waals surface area contributed by atoms with E-state index in [1.54, 1.807) is 30.1 Å². The molecule has 0 bridgehead atoms. The summed E-state index contributed by atoms with van der Waals surface area (Å²) >= 11 is 0. The third-order valence-corrected chi connectivity index (χ3v) is 5.67. The SMILES string of the molecule is CN(C)Cc1ccc(NC(=C2C(=O)Nc3cc(F)ccc32)c2ccc(N(C)CC(=O)O)cc2)cc1. The van der Waals surface area contributed by atoms with Crippen LogP contribution in [0.4, 0.5) is 21.5 Å². The Labute approximate surface area is 203 Å². The molecule has 0 saturated heterocycles. The number of benzene rings is 3. The van der Waals surface area contributed by atoms with Gasteiger partial charge in [-0.2, -0.15) is 0 Å². The van der Waals surface area contributed by atoms with E-state index < -0.39 is 11.8 Å². The van der Waals surface area contributed by atoms with Gasteiger partial charge in [-0.3, -0.25) is 9.59 Å². The Morgan fingerprint density at radius 3 is 2.31 bits per heavy atom. The summed E-state index contributed by atoms with van der Waals surface area (Å²) in [7, 11) is 5.71. The summed E-state index contributed by atoms with van der Waals surface area (Å²) in [6.07, 6.45) is 0. The van der Waals surface area contributed by atoms with Gasteiger partial charge in [-0.15, -0.1) is 0 Å². The Kier molecular flexibility index (Phi) is 6.84. The smallest absolute Gasteiger partial charge is 0.323 e. The maximum absolute atomic E-state index is 13.8. The third kappa shape index (κ3) is 5.50. The molecule has 4 rings (SSSR count). The number of carboxylic acid groups (broad SMARTS) is 1. The first-order chi connectivity index (χ1) is 16.7. The van der Waals surface area contributed by atoms with Gasteiger partial charge < -0.3 is 25.5 Å². The Balaban J connectivity index is 1.76. The minimum absolute atomic E-state index is 0.133. The van der Waals surface area contributed by atoms with Gasteiger partial charge in [-0.1, -0.05) is 24.3 Å². The van der Waals surface area contributed by atoms with Gasteiger partial charge in [-0.25, -0.2) is 4.39 Å². The summed E-state index contributed by atoms with van der Waals surface area (Å²) in [6, 6.07) is 19.4. The second kappa shape index (κ2) is 9.99. The quantitative estimate of drug-likeness (QED) is 0.421. The normalized spacial score (nSPS) is 13.9. The average Bonchev–Trinajstić information content (AvgIpc) is 3.12. The van der Waals surface area contributed by atoms with Crippen molar-refractivity contribution in [2.45, 2.75) is 6.54 Å². The fraction of sp³-hybridized carbons (Fsp3) is 0.185. The molecule has 0 fully saturated rings. The van der Waals surface area contributed by atoms with Crippen LogP contribution in [0.25, 0.3) is 11.3 Å². The number of aliphatic carboxylic acids is 1. The van der Waals surface area contributed by atoms with Crippen LogP contribution in [0.5, 0.6) is 0 Å². The van der Waals surface area contributed by atoms with Crippen molar-refractivity contribution in [1.29, 1.82) is 0 Å². The van der Waals surface area contributed by atoms with Gasteiger partial charge in [0.1, 0.15) is 12.4 Å². The number of hydrogen-bond acceptors (Lipinski definition) is 5. The molecular weight excluding hydrogens is 447 g/mol. The highest BCUT2D eigenvalue weighted by Crippen LogP contribution is 2.38. The second-order valence-corrected chi connectivity index (χ2v) is 8.75. The van der Waals surface area contributed by atoms with E-state index in [-0.39, 0.29) is 12.5 Å². The molecule has 3 aromatic rings. The number of nitrogens with one attached hydrogen (secondary N) is 2. The molecule has 1 heterocycles. The minimum atomic E-state index is -0.926. The van der Waals surface area contributed by atoms with Crippen LogP contribution in [0.2, 0.25) is 0 Å². The van der Waals surface area contributed by atoms with Gasteiger partial charge >= 0.3 is 5.97 Å². The zero-order valence-corrected chi connectivity index (χ0v) is 19.8. The first kappa shape index (κ1) is 24.0. The van der Waals surface area contributed by atoms with Crippen LogP contribution in [-0.2, 0) is 16.1 Å². The summed E-state index contributed by atoms with van der Waals surface area (Å²) in [6.45, 7) is 0.674. The summed E-state index contributed by atoms with van der Waals surface area (Å²) in [5, 5.41) is 15.2. The summed E-state index contributed by atoms with van der Waals surface area (Å²) in [4.78, 5) is 27.8. The van der Waals surface area contributed by atoms with Crippen LogP contribution >= 0.6 is 0 Å². The lowest BCUT2D eigenvalue weighted by Gasteiger charge is -2.19. The van der Waals surface area contributed by atoms with Crippen LogP contribution in [0, 0.1) is 5.82 Å². The lowest BCUT2D eigenvalue weighted by Crippen LogP contribution is -2.24. The minimum Gasteiger partial charge on any atom is -0.480 e. The van der Waals surface area contributed by atoms with Gasteiger partial charge in [0.2, 0.25) is 0 Å². The Morgan fingerprint density at radius 1 is 1.00 bits per heavy atom. The molecule has 0 radical (unpaired) electrons. The summed E-state index contributed by atoms with van der Waals surface area (Å²) < 4.78 is 13.8. The van der Waals surface area contributed by atoms with Gasteiger partial charge in [0.05, 0.1) is 17.0 Å². The maximum Gasteiger partial charge on any atom is 0.323 e. The highest BCUT2D eigenvalue weighted by Gasteiger charge is 2.29. The molecule has 0 atom stereocenters. The molecule has 8 heteroatoms. The number of rotatable bonds is 8. The van der Waals surface area contributed by atoms with Gasteiger partial charge in [0.25, 0.3) is 5.91 Å². The van der Waals surface area contributed by atoms with Gasteiger partial charge in [-0.05, 0) is 67.7 Å². The molecule has 0 saturated carbocycles. The van der Waals surface area contributed by atoms with Crippen molar-refractivity contribution in [2.24, 2.45) is 0 Å². The number of halogens is 1. The van der Waals surface area contributed by atoms with E-state index in [9.17, 15) is 14.0 Å². The van der Waals surface area contributed by atoms with E-state index in [0.717, 1.165) is 29.0 Å². The first-order valence-corrected chi connectivity index (χ1v) is 11.1. The molecular formula is C27H27FN4O3. The molecule has 0 unspecified atom stereocenters. The van der Waals surface area contributed by atoms with Crippen molar-refractivity contribution < 1.29 is 19.1 Å². The maximum atomic E-state index is 13.8. The van der Waals surface area contributed by atoms with E-state index in [4.69, 9.17) is 5.11 Å². The molecule has 3 aromatic carbocycles. The average molecular weight is 475 g/mol. The molecule has 0 spiro atoms. The number of anilines is 3. The number of likely N-dealkylation sites (N-methyl/N-ethyl adjacent to an activating group) is 1. The number of carbonyl (C=O) groups is 2. The first-order valence-electron chi connectivity index (χ1n) is 11.1. The lowest BCUT2D eigenvalue weighted by atomic mass is 9.99. The number of carboxylic acids is 1. The summed E-state index contributed by atoms with van der Waals surface area (Å²) in [5.74, 6) is -1.68. The third-order valence-electron chi connectivity index (χ3n) is 5.67. The molecule has 1 aliphatic heterocycles. The van der Waals surface area contributed by atoms with Crippen molar-refractivity contribution in [3.8, 4) is 0 Å². The number of nitrogens with zero attached hydrogens (tertiary/aromatic N) is 2. The van der Waals surface area contributed by atoms with E-state index >= 15 is 0 Å². The largest absolute Gasteiger partial charge is 0.480 e. The molecule has 0 aromatic heterocycles. The molecule has 3 N–H and O–H groups in total. The van der Waals surface area contributed by atoms with E-state index in [1.165, 1.54) is 12.1 Å². The fourth-order valence-electron chi connectivity index (χ4n) is 4.05. The fourth-order valence-corrected chi connectivity index (χ4v) is 4.05. The molecule has 180 valence electrons. The highest BCUT2D eigenvalue weighted by atomic mass is 19.1. The zero-order chi connectivity index (χ0) is 25.1. The van der Waals surface area contributed by atoms with Crippen molar-refractivity contribution in [1.82, 2.24) is 4.90 Å². The highest BCUT2D eigenvalue weighted by molar-refractivity contribution is 6.37. The zero-order valence-electron chi connectivity index (χ0n) is 19.8. The number of fused-ring (bicyclic) bond motifs is 1. The predicted molar refractivity (Wildman–Crippen MR) is 137 cm³/mol. The predicted octanol–water partition coefficient (Wildman–Crippen LogP) is 4.34. The Hall–Kier alpha value is -4.17. The van der Waals surface area contributed by atoms with Crippen molar-refractivity contribution in [3.05, 3.63) is 89.2 Å². The van der Waals surface area contributed by atoms with Crippen molar-refractivity contribution >= 4 is 40.2 Å². The van der Waals surface area contributed by atoms with Gasteiger partial charge in [0.15, 0.2) is 0 Å². The van der Waals surface area contributed by atoms with Crippen LogP contribution in [0.1, 0.15) is 16.7 Å². The number of hydrogen-bond donors (Lipinski definition) is 3. The van der Waals surface area contributed by atoms with E-state index in [0.29, 0.717) is 22.5 Å². The van der Waals surface area contributed by atoms with Crippen LogP contribution in [0.15, 0.2) is 66.7 Å². The van der Waals surface area contributed by atoms with Crippen LogP contribution in [-0.4, -0.2) is 49.6 Å². The lowest BCUT2D eigenvalue weighted by molar-refractivity contribution is -0.135. The van der Waals surface area contributed by atoms with Crippen molar-refractivity contribution in [2.75, 3.05) is 43.2 Å².